The molecule has 0 atom stereocenters. The van der Waals surface area contributed by atoms with Crippen LogP contribution in [0.1, 0.15) is 75.1 Å². The number of rotatable bonds is 11. The maximum atomic E-state index is 13.6. The Kier molecular flexibility index (Phi) is 9.89. The van der Waals surface area contributed by atoms with E-state index in [9.17, 15) is 9.18 Å². The second-order valence-corrected chi connectivity index (χ2v) is 5.97. The molecule has 0 aliphatic rings. The van der Waals surface area contributed by atoms with Gasteiger partial charge >= 0.3 is 5.97 Å². The Morgan fingerprint density at radius 2 is 1.64 bits per heavy atom. The van der Waals surface area contributed by atoms with Crippen LogP contribution in [0.25, 0.3) is 0 Å². The second kappa shape index (κ2) is 11.5. The molecule has 1 rings (SSSR count). The average molecular weight is 329 g/mol. The molecule has 0 heterocycles. The lowest BCUT2D eigenvalue weighted by atomic mass is 10.1. The predicted molar refractivity (Wildman–Crippen MR) is 88.9 cm³/mol. The number of benzene rings is 1. The van der Waals surface area contributed by atoms with Crippen molar-refractivity contribution in [3.63, 3.8) is 0 Å². The summed E-state index contributed by atoms with van der Waals surface area (Å²) in [5, 5.41) is -0.0578. The molecule has 0 saturated heterocycles. The largest absolute Gasteiger partial charge is 0.462 e. The van der Waals surface area contributed by atoms with Gasteiger partial charge < -0.3 is 4.74 Å². The van der Waals surface area contributed by atoms with Gasteiger partial charge in [-0.25, -0.2) is 9.18 Å². The Morgan fingerprint density at radius 3 is 2.27 bits per heavy atom. The van der Waals surface area contributed by atoms with Gasteiger partial charge in [0, 0.05) is 0 Å². The van der Waals surface area contributed by atoms with E-state index in [0.717, 1.165) is 19.3 Å². The van der Waals surface area contributed by atoms with E-state index >= 15 is 0 Å². The minimum Gasteiger partial charge on any atom is -0.462 e. The molecule has 0 unspecified atom stereocenters. The van der Waals surface area contributed by atoms with Crippen LogP contribution in [-0.4, -0.2) is 12.6 Å². The fraction of sp³-hybridized carbons (Fsp3) is 0.611. The third-order valence-electron chi connectivity index (χ3n) is 3.65. The molecule has 0 radical (unpaired) electrons. The van der Waals surface area contributed by atoms with Gasteiger partial charge in [-0.2, -0.15) is 0 Å². The highest BCUT2D eigenvalue weighted by Crippen LogP contribution is 2.18. The van der Waals surface area contributed by atoms with E-state index < -0.39 is 11.8 Å². The molecule has 0 saturated carbocycles. The van der Waals surface area contributed by atoms with Crippen LogP contribution >= 0.6 is 11.6 Å². The maximum Gasteiger partial charge on any atom is 0.341 e. The van der Waals surface area contributed by atoms with Gasteiger partial charge in [-0.05, 0) is 18.6 Å². The predicted octanol–water partition coefficient (Wildman–Crippen LogP) is 6.17. The van der Waals surface area contributed by atoms with Crippen molar-refractivity contribution in [1.82, 2.24) is 0 Å². The summed E-state index contributed by atoms with van der Waals surface area (Å²) in [6, 6.07) is 4.34. The van der Waals surface area contributed by atoms with E-state index in [1.807, 2.05) is 0 Å². The highest BCUT2D eigenvalue weighted by Gasteiger charge is 2.14. The van der Waals surface area contributed by atoms with Crippen LogP contribution in [0.4, 0.5) is 4.39 Å². The third kappa shape index (κ3) is 7.26. The Balaban J connectivity index is 2.07. The summed E-state index contributed by atoms with van der Waals surface area (Å²) in [6.07, 6.45) is 10.8. The lowest BCUT2D eigenvalue weighted by molar-refractivity contribution is 0.0492. The summed E-state index contributed by atoms with van der Waals surface area (Å²) >= 11 is 5.64. The van der Waals surface area contributed by atoms with Gasteiger partial charge in [0.2, 0.25) is 0 Å². The Bertz CT molecular complexity index is 449. The summed E-state index contributed by atoms with van der Waals surface area (Å²) in [5.41, 5.74) is -0.0941. The molecule has 0 amide bonds. The van der Waals surface area contributed by atoms with Crippen molar-refractivity contribution < 1.29 is 13.9 Å². The normalized spacial score (nSPS) is 10.7. The van der Waals surface area contributed by atoms with E-state index in [-0.39, 0.29) is 10.6 Å². The first kappa shape index (κ1) is 19.0. The number of halogens is 2. The summed E-state index contributed by atoms with van der Waals surface area (Å²) < 4.78 is 18.7. The van der Waals surface area contributed by atoms with Gasteiger partial charge in [-0.1, -0.05) is 76.0 Å². The quantitative estimate of drug-likeness (QED) is 0.359. The molecule has 124 valence electrons. The Labute approximate surface area is 138 Å². The third-order valence-corrected chi connectivity index (χ3v) is 3.94. The number of hydrogen-bond acceptors (Lipinski definition) is 2. The van der Waals surface area contributed by atoms with Crippen LogP contribution < -0.4 is 0 Å². The second-order valence-electron chi connectivity index (χ2n) is 5.57. The van der Waals surface area contributed by atoms with E-state index in [1.165, 1.54) is 50.7 Å². The molecule has 0 spiro atoms. The number of carbonyl (C=O) groups excluding carboxylic acids is 1. The molecule has 0 aliphatic carbocycles. The number of carbonyl (C=O) groups is 1. The van der Waals surface area contributed by atoms with Crippen molar-refractivity contribution >= 4 is 17.6 Å². The van der Waals surface area contributed by atoms with Crippen molar-refractivity contribution in [1.29, 1.82) is 0 Å². The van der Waals surface area contributed by atoms with Crippen LogP contribution in [0.15, 0.2) is 18.2 Å². The molecular weight excluding hydrogens is 303 g/mol. The van der Waals surface area contributed by atoms with Crippen molar-refractivity contribution in [2.75, 3.05) is 6.61 Å². The van der Waals surface area contributed by atoms with Gasteiger partial charge in [0.1, 0.15) is 0 Å². The average Bonchev–Trinajstić information content (AvgIpc) is 2.51. The Morgan fingerprint density at radius 1 is 1.05 bits per heavy atom. The lowest BCUT2D eigenvalue weighted by Crippen LogP contribution is -2.08. The summed E-state index contributed by atoms with van der Waals surface area (Å²) in [4.78, 5) is 11.7. The first-order valence-corrected chi connectivity index (χ1v) is 8.65. The van der Waals surface area contributed by atoms with Crippen LogP contribution in [0.2, 0.25) is 5.02 Å². The molecule has 0 bridgehead atoms. The summed E-state index contributed by atoms with van der Waals surface area (Å²) in [5.74, 6) is -1.35. The zero-order chi connectivity index (χ0) is 16.2. The molecule has 1 aromatic rings. The molecule has 22 heavy (non-hydrogen) atoms. The molecule has 0 aromatic heterocycles. The van der Waals surface area contributed by atoms with Crippen molar-refractivity contribution in [3.8, 4) is 0 Å². The van der Waals surface area contributed by atoms with Crippen LogP contribution in [0.5, 0.6) is 0 Å². The van der Waals surface area contributed by atoms with Crippen LogP contribution in [0, 0.1) is 5.82 Å². The minimum atomic E-state index is -0.707. The summed E-state index contributed by atoms with van der Waals surface area (Å²) in [7, 11) is 0. The van der Waals surface area contributed by atoms with Gasteiger partial charge in [0.25, 0.3) is 0 Å². The first-order valence-electron chi connectivity index (χ1n) is 8.28. The molecule has 0 aliphatic heterocycles. The zero-order valence-electron chi connectivity index (χ0n) is 13.4. The summed E-state index contributed by atoms with van der Waals surface area (Å²) in [6.45, 7) is 2.55. The lowest BCUT2D eigenvalue weighted by Gasteiger charge is -2.06. The van der Waals surface area contributed by atoms with Crippen LogP contribution in [-0.2, 0) is 4.74 Å². The van der Waals surface area contributed by atoms with Gasteiger partial charge in [-0.15, -0.1) is 0 Å². The zero-order valence-corrected chi connectivity index (χ0v) is 14.1. The SMILES string of the molecule is CCCCCCCCCCCOC(=O)c1cccc(Cl)c1F. The number of unbranched alkanes of at least 4 members (excludes halogenated alkanes) is 8. The molecule has 0 fully saturated rings. The molecule has 1 aromatic carbocycles. The highest BCUT2D eigenvalue weighted by molar-refractivity contribution is 6.31. The van der Waals surface area contributed by atoms with Crippen LogP contribution in [0.3, 0.4) is 0 Å². The van der Waals surface area contributed by atoms with E-state index in [2.05, 4.69) is 6.92 Å². The van der Waals surface area contributed by atoms with Gasteiger partial charge in [0.05, 0.1) is 17.2 Å². The van der Waals surface area contributed by atoms with Gasteiger partial charge in [0.15, 0.2) is 5.82 Å². The maximum absolute atomic E-state index is 13.6. The molecule has 4 heteroatoms. The highest BCUT2D eigenvalue weighted by atomic mass is 35.5. The Hall–Kier alpha value is -1.09. The van der Waals surface area contributed by atoms with Crippen molar-refractivity contribution in [2.45, 2.75) is 64.7 Å². The molecular formula is C18H26ClFO2. The first-order chi connectivity index (χ1) is 10.7. The standard InChI is InChI=1S/C18H26ClFO2/c1-2-3-4-5-6-7-8-9-10-14-22-18(21)15-12-11-13-16(19)17(15)20/h11-13H,2-10,14H2,1H3. The fourth-order valence-corrected chi connectivity index (χ4v) is 2.49. The number of esters is 1. The molecule has 2 nitrogen and oxygen atoms in total. The topological polar surface area (TPSA) is 26.3 Å². The minimum absolute atomic E-state index is 0.0578. The van der Waals surface area contributed by atoms with Crippen molar-refractivity contribution in [2.24, 2.45) is 0 Å². The monoisotopic (exact) mass is 328 g/mol. The van der Waals surface area contributed by atoms with E-state index in [1.54, 1.807) is 6.07 Å². The smallest absolute Gasteiger partial charge is 0.341 e. The molecule has 0 N–H and O–H groups in total. The number of ether oxygens (including phenoxy) is 1. The number of hydrogen-bond donors (Lipinski definition) is 0. The van der Waals surface area contributed by atoms with Gasteiger partial charge in [-0.3, -0.25) is 0 Å². The van der Waals surface area contributed by atoms with E-state index in [0.29, 0.717) is 6.61 Å². The van der Waals surface area contributed by atoms with E-state index in [4.69, 9.17) is 16.3 Å². The fourth-order valence-electron chi connectivity index (χ4n) is 2.32. The van der Waals surface area contributed by atoms with Crippen molar-refractivity contribution in [3.05, 3.63) is 34.6 Å².